The first kappa shape index (κ1) is 31.7. The van der Waals surface area contributed by atoms with Crippen LogP contribution in [0.3, 0.4) is 0 Å². The summed E-state index contributed by atoms with van der Waals surface area (Å²) < 4.78 is 67.6. The zero-order valence-electron chi connectivity index (χ0n) is 23.4. The van der Waals surface area contributed by atoms with Gasteiger partial charge in [-0.3, -0.25) is 14.6 Å². The molecule has 2 amide bonds. The molecule has 0 bridgehead atoms. The Morgan fingerprint density at radius 2 is 1.77 bits per heavy atom. The third-order valence-electron chi connectivity index (χ3n) is 6.70. The summed E-state index contributed by atoms with van der Waals surface area (Å²) in [6.45, 7) is 4.26. The maximum Gasteiger partial charge on any atom is 0.390 e. The predicted octanol–water partition coefficient (Wildman–Crippen LogP) is 3.23. The molecular formula is C28H31F3N6O5S. The summed E-state index contributed by atoms with van der Waals surface area (Å²) in [5, 5.41) is 7.69. The zero-order chi connectivity index (χ0) is 31.0. The molecule has 4 rings (SSSR count). The second-order valence-electron chi connectivity index (χ2n) is 9.76. The summed E-state index contributed by atoms with van der Waals surface area (Å²) in [5.41, 5.74) is 2.57. The minimum Gasteiger partial charge on any atom is -0.492 e. The molecular weight excluding hydrogens is 589 g/mol. The lowest BCUT2D eigenvalue weighted by atomic mass is 9.97. The number of nitrogens with zero attached hydrogens (tertiary/aromatic N) is 5. The van der Waals surface area contributed by atoms with Gasteiger partial charge in [0.15, 0.2) is 11.5 Å². The number of nitrogens with one attached hydrogen (secondary N) is 1. The summed E-state index contributed by atoms with van der Waals surface area (Å²) in [6.07, 6.45) is -1.95. The Balaban J connectivity index is 1.28. The van der Waals surface area contributed by atoms with E-state index in [0.29, 0.717) is 57.2 Å². The number of hydrogen-bond donors (Lipinski definition) is 1. The molecule has 3 heterocycles. The van der Waals surface area contributed by atoms with E-state index in [9.17, 15) is 31.2 Å². The monoisotopic (exact) mass is 620 g/mol. The summed E-state index contributed by atoms with van der Waals surface area (Å²) >= 11 is 0. The number of aryl methyl sites for hydroxylation is 1. The van der Waals surface area contributed by atoms with Crippen LogP contribution >= 0.6 is 0 Å². The molecule has 15 heteroatoms. The molecule has 43 heavy (non-hydrogen) atoms. The maximum atomic E-state index is 13.0. The number of aromatic nitrogens is 3. The van der Waals surface area contributed by atoms with E-state index < -0.39 is 34.3 Å². The lowest BCUT2D eigenvalue weighted by Crippen LogP contribution is -2.49. The zero-order valence-corrected chi connectivity index (χ0v) is 24.2. The van der Waals surface area contributed by atoms with E-state index in [2.05, 4.69) is 15.2 Å². The van der Waals surface area contributed by atoms with Gasteiger partial charge in [0.1, 0.15) is 5.75 Å². The largest absolute Gasteiger partial charge is 0.492 e. The van der Waals surface area contributed by atoms with Crippen LogP contribution < -0.4 is 14.4 Å². The average molecular weight is 621 g/mol. The van der Waals surface area contributed by atoms with Gasteiger partial charge in [-0.1, -0.05) is 24.3 Å². The number of amides is 2. The first-order valence-electron chi connectivity index (χ1n) is 13.6. The Hall–Kier alpha value is -4.27. The number of anilines is 1. The number of hydrogen-bond acceptors (Lipinski definition) is 9. The summed E-state index contributed by atoms with van der Waals surface area (Å²) in [7, 11) is -4.49. The highest BCUT2D eigenvalue weighted by Gasteiger charge is 2.31. The van der Waals surface area contributed by atoms with Gasteiger partial charge in [0.2, 0.25) is 15.9 Å². The van der Waals surface area contributed by atoms with Crippen molar-refractivity contribution in [3.05, 3.63) is 66.1 Å². The second kappa shape index (κ2) is 13.8. The molecule has 0 saturated carbocycles. The standard InChI is InChI=1S/C28H31F3N6O5S/c1-2-42-22-17-21(18-32-19-22)23-6-4-3-5-20(23)7-10-26(38)37-14-12-36(13-15-37)25-9-8-24(33-34-25)27(39)35-43(40,41)16-11-28(29,30)31/h3-6,8-9,17-19H,2,7,10-16H2,1H3,(H,35,39). The van der Waals surface area contributed by atoms with E-state index in [4.69, 9.17) is 4.74 Å². The molecule has 0 atom stereocenters. The van der Waals surface area contributed by atoms with Crippen molar-refractivity contribution in [1.29, 1.82) is 0 Å². The van der Waals surface area contributed by atoms with E-state index in [1.807, 2.05) is 42.2 Å². The Morgan fingerprint density at radius 1 is 1.02 bits per heavy atom. The Morgan fingerprint density at radius 3 is 2.44 bits per heavy atom. The number of carbonyl (C=O) groups excluding carboxylic acids is 2. The Kier molecular flexibility index (Phi) is 10.2. The molecule has 2 aromatic heterocycles. The third kappa shape index (κ3) is 9.11. The van der Waals surface area contributed by atoms with Crippen molar-refractivity contribution in [2.24, 2.45) is 0 Å². The highest BCUT2D eigenvalue weighted by atomic mass is 32.2. The number of pyridine rings is 1. The van der Waals surface area contributed by atoms with Crippen LogP contribution in [-0.4, -0.2) is 85.0 Å². The highest BCUT2D eigenvalue weighted by Crippen LogP contribution is 2.27. The average Bonchev–Trinajstić information content (AvgIpc) is 2.99. The second-order valence-corrected chi connectivity index (χ2v) is 11.6. The van der Waals surface area contributed by atoms with Crippen molar-refractivity contribution in [3.8, 4) is 16.9 Å². The van der Waals surface area contributed by atoms with Crippen molar-refractivity contribution < 1.29 is 35.9 Å². The lowest BCUT2D eigenvalue weighted by Gasteiger charge is -2.35. The van der Waals surface area contributed by atoms with Crippen molar-refractivity contribution in [2.75, 3.05) is 43.4 Å². The number of benzene rings is 1. The van der Waals surface area contributed by atoms with Crippen molar-refractivity contribution >= 4 is 27.7 Å². The molecule has 1 aliphatic heterocycles. The number of sulfonamides is 1. The third-order valence-corrected chi connectivity index (χ3v) is 7.94. The minimum absolute atomic E-state index is 0.0143. The SMILES string of the molecule is CCOc1cncc(-c2ccccc2CCC(=O)N2CCN(c3ccc(C(=O)NS(=O)(=O)CCC(F)(F)F)nn3)CC2)c1. The number of carbonyl (C=O) groups is 2. The summed E-state index contributed by atoms with van der Waals surface area (Å²) in [6, 6.07) is 12.5. The molecule has 0 unspecified atom stereocenters. The first-order chi connectivity index (χ1) is 20.4. The number of piperazine rings is 1. The molecule has 1 N–H and O–H groups in total. The van der Waals surface area contributed by atoms with E-state index in [-0.39, 0.29) is 11.6 Å². The van der Waals surface area contributed by atoms with Crippen LogP contribution in [0.15, 0.2) is 54.9 Å². The fraction of sp³-hybridized carbons (Fsp3) is 0.393. The Labute approximate surface area is 247 Å². The van der Waals surface area contributed by atoms with Gasteiger partial charge >= 0.3 is 6.18 Å². The van der Waals surface area contributed by atoms with Gasteiger partial charge in [-0.25, -0.2) is 13.1 Å². The van der Waals surface area contributed by atoms with Crippen LogP contribution in [0.4, 0.5) is 19.0 Å². The lowest BCUT2D eigenvalue weighted by molar-refractivity contribution is -0.131. The van der Waals surface area contributed by atoms with E-state index in [1.54, 1.807) is 22.0 Å². The van der Waals surface area contributed by atoms with Crippen LogP contribution in [0.5, 0.6) is 5.75 Å². The molecule has 0 spiro atoms. The van der Waals surface area contributed by atoms with Gasteiger partial charge < -0.3 is 14.5 Å². The summed E-state index contributed by atoms with van der Waals surface area (Å²) in [4.78, 5) is 33.1. The van der Waals surface area contributed by atoms with Gasteiger partial charge in [-0.05, 0) is 42.7 Å². The molecule has 1 saturated heterocycles. The fourth-order valence-corrected chi connectivity index (χ4v) is 5.52. The molecule has 1 aromatic carbocycles. The van der Waals surface area contributed by atoms with Gasteiger partial charge in [0.25, 0.3) is 5.91 Å². The van der Waals surface area contributed by atoms with Gasteiger partial charge in [-0.15, -0.1) is 10.2 Å². The van der Waals surface area contributed by atoms with Crippen molar-refractivity contribution in [1.82, 2.24) is 24.8 Å². The smallest absolute Gasteiger partial charge is 0.390 e. The van der Waals surface area contributed by atoms with E-state index >= 15 is 0 Å². The summed E-state index contributed by atoms with van der Waals surface area (Å²) in [5.74, 6) is -1.33. The van der Waals surface area contributed by atoms with Crippen molar-refractivity contribution in [3.63, 3.8) is 0 Å². The molecule has 11 nitrogen and oxygen atoms in total. The predicted molar refractivity (Wildman–Crippen MR) is 152 cm³/mol. The molecule has 230 valence electrons. The normalized spacial score (nSPS) is 14.0. The number of alkyl halides is 3. The van der Waals surface area contributed by atoms with Crippen LogP contribution in [0, 0.1) is 0 Å². The minimum atomic E-state index is -4.67. The number of rotatable bonds is 11. The van der Waals surface area contributed by atoms with Crippen LogP contribution in [-0.2, 0) is 21.2 Å². The quantitative estimate of drug-likeness (QED) is 0.343. The van der Waals surface area contributed by atoms with Gasteiger partial charge in [0.05, 0.1) is 25.0 Å². The first-order valence-corrected chi connectivity index (χ1v) is 15.2. The highest BCUT2D eigenvalue weighted by molar-refractivity contribution is 7.90. The molecule has 0 aliphatic carbocycles. The molecule has 1 aliphatic rings. The molecule has 1 fully saturated rings. The number of halogens is 3. The topological polar surface area (TPSA) is 135 Å². The van der Waals surface area contributed by atoms with E-state index in [1.165, 1.54) is 12.1 Å². The number of ether oxygens (including phenoxy) is 1. The molecule has 3 aromatic rings. The van der Waals surface area contributed by atoms with Crippen LogP contribution in [0.2, 0.25) is 0 Å². The van der Waals surface area contributed by atoms with Crippen molar-refractivity contribution in [2.45, 2.75) is 32.4 Å². The van der Waals surface area contributed by atoms with Crippen LogP contribution in [0.25, 0.3) is 11.1 Å². The molecule has 0 radical (unpaired) electrons. The van der Waals surface area contributed by atoms with Gasteiger partial charge in [-0.2, -0.15) is 13.2 Å². The van der Waals surface area contributed by atoms with Crippen LogP contribution in [0.1, 0.15) is 35.8 Å². The fourth-order valence-electron chi connectivity index (χ4n) is 4.53. The maximum absolute atomic E-state index is 13.0. The van der Waals surface area contributed by atoms with Gasteiger partial charge in [0, 0.05) is 44.4 Å². The van der Waals surface area contributed by atoms with E-state index in [0.717, 1.165) is 16.7 Å². The Bertz CT molecular complexity index is 1530.